The van der Waals surface area contributed by atoms with E-state index < -0.39 is 18.2 Å². The van der Waals surface area contributed by atoms with Crippen molar-refractivity contribution in [2.75, 3.05) is 6.54 Å². The van der Waals surface area contributed by atoms with Crippen LogP contribution in [0.4, 0.5) is 4.39 Å². The molecule has 1 aliphatic rings. The van der Waals surface area contributed by atoms with Crippen LogP contribution in [0.1, 0.15) is 6.42 Å². The van der Waals surface area contributed by atoms with E-state index in [0.717, 1.165) is 0 Å². The third-order valence-electron chi connectivity index (χ3n) is 1.61. The van der Waals surface area contributed by atoms with Gasteiger partial charge in [0.2, 0.25) is 0 Å². The lowest BCUT2D eigenvalue weighted by molar-refractivity contribution is -0.142. The van der Waals surface area contributed by atoms with Crippen LogP contribution in [0.2, 0.25) is 0 Å². The number of carbonyl (C=O) groups is 1. The number of halogens is 1. The Balaban J connectivity index is 2.64. The van der Waals surface area contributed by atoms with E-state index in [9.17, 15) is 14.1 Å². The molecule has 1 rings (SSSR count). The molecule has 11 heavy (non-hydrogen) atoms. The smallest absolute Gasteiger partial charge is 0.328 e. The Hall–Kier alpha value is -1.20. The van der Waals surface area contributed by atoms with Crippen LogP contribution in [0.25, 0.3) is 0 Å². The summed E-state index contributed by atoms with van der Waals surface area (Å²) in [5, 5.41) is 11.5. The van der Waals surface area contributed by atoms with E-state index in [2.05, 4.69) is 5.29 Å². The molecular weight excluding hydrogens is 155 g/mol. The lowest BCUT2D eigenvalue weighted by atomic mass is 10.2. The zero-order valence-electron chi connectivity index (χ0n) is 5.61. The zero-order chi connectivity index (χ0) is 8.43. The van der Waals surface area contributed by atoms with E-state index in [1.54, 1.807) is 0 Å². The third kappa shape index (κ3) is 1.44. The molecule has 0 aromatic carbocycles. The highest BCUT2D eigenvalue weighted by molar-refractivity contribution is 5.73. The first-order chi connectivity index (χ1) is 5.15. The number of rotatable bonds is 2. The van der Waals surface area contributed by atoms with Crippen molar-refractivity contribution < 1.29 is 14.3 Å². The van der Waals surface area contributed by atoms with Gasteiger partial charge < -0.3 is 5.11 Å². The van der Waals surface area contributed by atoms with Crippen LogP contribution in [0.3, 0.4) is 0 Å². The molecule has 0 amide bonds. The highest BCUT2D eigenvalue weighted by Gasteiger charge is 2.37. The molecule has 0 aromatic rings. The van der Waals surface area contributed by atoms with Crippen LogP contribution >= 0.6 is 0 Å². The fourth-order valence-corrected chi connectivity index (χ4v) is 1.09. The second-order valence-electron chi connectivity index (χ2n) is 2.39. The van der Waals surface area contributed by atoms with E-state index in [4.69, 9.17) is 5.11 Å². The molecule has 0 saturated carbocycles. The average molecular weight is 162 g/mol. The second kappa shape index (κ2) is 2.81. The molecule has 2 atom stereocenters. The number of aliphatic carboxylic acids is 1. The minimum Gasteiger partial charge on any atom is -0.480 e. The number of nitroso groups, excluding NO2 is 1. The van der Waals surface area contributed by atoms with Gasteiger partial charge in [-0.1, -0.05) is 0 Å². The van der Waals surface area contributed by atoms with Crippen LogP contribution in [-0.2, 0) is 4.79 Å². The number of carboxylic acid groups (broad SMARTS) is 1. The summed E-state index contributed by atoms with van der Waals surface area (Å²) in [6, 6.07) is -1.08. The quantitative estimate of drug-likeness (QED) is 0.587. The van der Waals surface area contributed by atoms with Gasteiger partial charge in [0.25, 0.3) is 0 Å². The maximum Gasteiger partial charge on any atom is 0.328 e. The molecule has 1 heterocycles. The van der Waals surface area contributed by atoms with E-state index in [1.807, 2.05) is 0 Å². The van der Waals surface area contributed by atoms with Crippen molar-refractivity contribution in [3.8, 4) is 0 Å². The van der Waals surface area contributed by atoms with Crippen molar-refractivity contribution in [1.82, 2.24) is 5.01 Å². The van der Waals surface area contributed by atoms with Crippen molar-refractivity contribution in [2.24, 2.45) is 5.29 Å². The Kier molecular flexibility index (Phi) is 2.02. The molecule has 1 N–H and O–H groups in total. The number of hydrogen-bond acceptors (Lipinski definition) is 3. The van der Waals surface area contributed by atoms with Gasteiger partial charge in [0.1, 0.15) is 6.17 Å². The fourth-order valence-electron chi connectivity index (χ4n) is 1.09. The summed E-state index contributed by atoms with van der Waals surface area (Å²) in [4.78, 5) is 20.2. The van der Waals surface area contributed by atoms with Crippen molar-refractivity contribution in [3.63, 3.8) is 0 Å². The van der Waals surface area contributed by atoms with Crippen molar-refractivity contribution in [3.05, 3.63) is 4.91 Å². The van der Waals surface area contributed by atoms with Crippen molar-refractivity contribution in [1.29, 1.82) is 0 Å². The largest absolute Gasteiger partial charge is 0.480 e. The summed E-state index contributed by atoms with van der Waals surface area (Å²) in [6.07, 6.45) is -1.41. The minimum atomic E-state index is -1.26. The van der Waals surface area contributed by atoms with Gasteiger partial charge in [0.15, 0.2) is 6.04 Å². The fraction of sp³-hybridized carbons (Fsp3) is 0.800. The molecule has 0 spiro atoms. The number of nitrogens with zero attached hydrogens (tertiary/aromatic N) is 2. The summed E-state index contributed by atoms with van der Waals surface area (Å²) in [5.74, 6) is -1.20. The van der Waals surface area contributed by atoms with Gasteiger partial charge in [0, 0.05) is 6.42 Å². The van der Waals surface area contributed by atoms with Crippen molar-refractivity contribution in [2.45, 2.75) is 18.6 Å². The molecule has 0 aliphatic carbocycles. The minimum absolute atomic E-state index is 0.152. The molecule has 5 nitrogen and oxygen atoms in total. The molecule has 2 unspecified atom stereocenters. The normalized spacial score (nSPS) is 30.5. The SMILES string of the molecule is O=NN1CC(F)CC1C(=O)O. The van der Waals surface area contributed by atoms with Crippen LogP contribution in [0.15, 0.2) is 5.29 Å². The molecule has 1 saturated heterocycles. The standard InChI is InChI=1S/C5H7FN2O3/c6-3-1-4(5(9)10)8(2-3)7-11/h3-4H,1-2H2,(H,9,10). The summed E-state index contributed by atoms with van der Waals surface area (Å²) < 4.78 is 12.5. The predicted molar refractivity (Wildman–Crippen MR) is 33.4 cm³/mol. The molecule has 0 radical (unpaired) electrons. The van der Waals surface area contributed by atoms with Crippen LogP contribution in [0.5, 0.6) is 0 Å². The van der Waals surface area contributed by atoms with Gasteiger partial charge in [0.05, 0.1) is 11.8 Å². The van der Waals surface area contributed by atoms with E-state index in [-0.39, 0.29) is 13.0 Å². The summed E-state index contributed by atoms with van der Waals surface area (Å²) in [7, 11) is 0. The number of alkyl halides is 1. The monoisotopic (exact) mass is 162 g/mol. The Morgan fingerprint density at radius 2 is 2.36 bits per heavy atom. The number of hydrogen-bond donors (Lipinski definition) is 1. The van der Waals surface area contributed by atoms with Gasteiger partial charge in [-0.05, 0) is 0 Å². The van der Waals surface area contributed by atoms with Crippen LogP contribution < -0.4 is 0 Å². The molecule has 0 aromatic heterocycles. The lowest BCUT2D eigenvalue weighted by Gasteiger charge is -2.11. The zero-order valence-corrected chi connectivity index (χ0v) is 5.61. The van der Waals surface area contributed by atoms with E-state index >= 15 is 0 Å². The third-order valence-corrected chi connectivity index (χ3v) is 1.61. The molecule has 6 heteroatoms. The molecule has 1 aliphatic heterocycles. The molecule has 0 bridgehead atoms. The first kappa shape index (κ1) is 7.90. The lowest BCUT2D eigenvalue weighted by Crippen LogP contribution is -2.31. The first-order valence-electron chi connectivity index (χ1n) is 3.12. The van der Waals surface area contributed by atoms with Gasteiger partial charge in [-0.15, -0.1) is 4.91 Å². The average Bonchev–Trinajstić information content (AvgIpc) is 2.30. The van der Waals surface area contributed by atoms with Gasteiger partial charge >= 0.3 is 5.97 Å². The summed E-state index contributed by atoms with van der Waals surface area (Å²) >= 11 is 0. The Labute approximate surface area is 61.7 Å². The summed E-state index contributed by atoms with van der Waals surface area (Å²) in [6.45, 7) is -0.208. The highest BCUT2D eigenvalue weighted by atomic mass is 19.1. The van der Waals surface area contributed by atoms with Crippen LogP contribution in [0, 0.1) is 4.91 Å². The molecule has 1 fully saturated rings. The van der Waals surface area contributed by atoms with Gasteiger partial charge in [-0.25, -0.2) is 14.2 Å². The maximum absolute atomic E-state index is 12.5. The molecule has 62 valence electrons. The first-order valence-corrected chi connectivity index (χ1v) is 3.12. The van der Waals surface area contributed by atoms with Gasteiger partial charge in [-0.3, -0.25) is 0 Å². The van der Waals surface area contributed by atoms with E-state index in [0.29, 0.717) is 5.01 Å². The van der Waals surface area contributed by atoms with Crippen LogP contribution in [-0.4, -0.2) is 34.8 Å². The summed E-state index contributed by atoms with van der Waals surface area (Å²) in [5.41, 5.74) is 0. The Morgan fingerprint density at radius 1 is 1.73 bits per heavy atom. The second-order valence-corrected chi connectivity index (χ2v) is 2.39. The predicted octanol–water partition coefficient (Wildman–Crippen LogP) is 0.165. The highest BCUT2D eigenvalue weighted by Crippen LogP contribution is 2.20. The van der Waals surface area contributed by atoms with E-state index in [1.165, 1.54) is 0 Å². The Morgan fingerprint density at radius 3 is 2.73 bits per heavy atom. The molecular formula is C5H7FN2O3. The number of carboxylic acids is 1. The van der Waals surface area contributed by atoms with Gasteiger partial charge in [-0.2, -0.15) is 0 Å². The topological polar surface area (TPSA) is 70.0 Å². The maximum atomic E-state index is 12.5. The van der Waals surface area contributed by atoms with Crippen molar-refractivity contribution >= 4 is 5.97 Å². The Bertz CT molecular complexity index is 187.